The fraction of sp³-hybridized carbons (Fsp3) is 0.750. The van der Waals surface area contributed by atoms with Crippen molar-refractivity contribution >= 4 is 17.9 Å². The van der Waals surface area contributed by atoms with Crippen molar-refractivity contribution in [3.05, 3.63) is 5.89 Å². The minimum Gasteiger partial charge on any atom is -0.444 e. The number of hydrogen-bond donors (Lipinski definition) is 1. The smallest absolute Gasteiger partial charge is 0.408 e. The van der Waals surface area contributed by atoms with Gasteiger partial charge in [-0.25, -0.2) is 4.79 Å². The lowest BCUT2D eigenvalue weighted by Crippen LogP contribution is -2.34. The Balaban J connectivity index is 2.56. The quantitative estimate of drug-likeness (QED) is 0.857. The van der Waals surface area contributed by atoms with Crippen molar-refractivity contribution in [1.29, 1.82) is 0 Å². The van der Waals surface area contributed by atoms with Crippen LogP contribution in [0.25, 0.3) is 0 Å². The lowest BCUT2D eigenvalue weighted by Gasteiger charge is -2.20. The molecule has 108 valence electrons. The number of thioether (sulfide) groups is 1. The molecule has 1 rings (SSSR count). The van der Waals surface area contributed by atoms with Crippen LogP contribution in [0.3, 0.4) is 0 Å². The highest BCUT2D eigenvalue weighted by atomic mass is 32.2. The predicted molar refractivity (Wildman–Crippen MR) is 73.1 cm³/mol. The minimum atomic E-state index is -0.530. The summed E-state index contributed by atoms with van der Waals surface area (Å²) in [4.78, 5) is 11.6. The van der Waals surface area contributed by atoms with Gasteiger partial charge in [-0.2, -0.15) is 0 Å². The molecule has 1 heterocycles. The molecular weight excluding hydrogens is 266 g/mol. The summed E-state index contributed by atoms with van der Waals surface area (Å²) in [5.74, 6) is 0.369. The zero-order chi connectivity index (χ0) is 14.6. The molecule has 0 spiro atoms. The van der Waals surface area contributed by atoms with E-state index in [1.54, 1.807) is 27.7 Å². The van der Waals surface area contributed by atoms with E-state index < -0.39 is 11.7 Å². The van der Waals surface area contributed by atoms with Crippen molar-refractivity contribution in [2.45, 2.75) is 63.7 Å². The molecule has 0 radical (unpaired) electrons. The first-order valence-corrected chi connectivity index (χ1v) is 7.05. The number of nitrogens with one attached hydrogen (secondary N) is 1. The monoisotopic (exact) mass is 287 g/mol. The van der Waals surface area contributed by atoms with E-state index in [0.29, 0.717) is 16.4 Å². The maximum absolute atomic E-state index is 11.6. The van der Waals surface area contributed by atoms with Gasteiger partial charge in [0.15, 0.2) is 0 Å². The number of hydrogen-bond acceptors (Lipinski definition) is 6. The molecule has 1 aromatic rings. The van der Waals surface area contributed by atoms with Gasteiger partial charge in [0.05, 0.1) is 0 Å². The molecule has 1 atom stereocenters. The van der Waals surface area contributed by atoms with E-state index in [2.05, 4.69) is 15.5 Å². The Morgan fingerprint density at radius 2 is 1.95 bits per heavy atom. The lowest BCUT2D eigenvalue weighted by atomic mass is 10.2. The molecule has 0 unspecified atom stereocenters. The van der Waals surface area contributed by atoms with Crippen LogP contribution in [0.15, 0.2) is 9.64 Å². The van der Waals surface area contributed by atoms with E-state index in [9.17, 15) is 4.79 Å². The van der Waals surface area contributed by atoms with E-state index >= 15 is 0 Å². The third kappa shape index (κ3) is 5.96. The number of aromatic nitrogens is 2. The Labute approximate surface area is 117 Å². The summed E-state index contributed by atoms with van der Waals surface area (Å²) in [6, 6.07) is -0.385. The number of amides is 1. The first kappa shape index (κ1) is 15.8. The van der Waals surface area contributed by atoms with Gasteiger partial charge in [-0.3, -0.25) is 0 Å². The lowest BCUT2D eigenvalue weighted by molar-refractivity contribution is 0.0500. The third-order valence-corrected chi connectivity index (χ3v) is 2.70. The van der Waals surface area contributed by atoms with Crippen molar-refractivity contribution in [2.24, 2.45) is 0 Å². The molecule has 1 amide bonds. The number of nitrogens with zero attached hydrogens (tertiary/aromatic N) is 2. The van der Waals surface area contributed by atoms with Crippen LogP contribution in [0.2, 0.25) is 0 Å². The molecule has 7 heteroatoms. The van der Waals surface area contributed by atoms with E-state index in [4.69, 9.17) is 9.15 Å². The van der Waals surface area contributed by atoms with Crippen LogP contribution in [0.1, 0.15) is 53.5 Å². The summed E-state index contributed by atoms with van der Waals surface area (Å²) < 4.78 is 10.6. The van der Waals surface area contributed by atoms with Crippen molar-refractivity contribution in [3.63, 3.8) is 0 Å². The average molecular weight is 287 g/mol. The Bertz CT molecular complexity index is 426. The molecule has 0 aliphatic heterocycles. The Morgan fingerprint density at radius 3 is 2.47 bits per heavy atom. The first-order valence-electron chi connectivity index (χ1n) is 6.17. The first-order chi connectivity index (χ1) is 8.67. The average Bonchev–Trinajstić information content (AvgIpc) is 2.61. The van der Waals surface area contributed by atoms with Crippen LogP contribution in [0.4, 0.5) is 4.79 Å². The number of rotatable bonds is 4. The number of alkyl carbamates (subject to hydrolysis) is 1. The second kappa shape index (κ2) is 6.27. The predicted octanol–water partition coefficient (Wildman–Crippen LogP) is 3.16. The van der Waals surface area contributed by atoms with E-state index in [-0.39, 0.29) is 6.04 Å². The van der Waals surface area contributed by atoms with E-state index in [0.717, 1.165) is 0 Å². The maximum atomic E-state index is 11.6. The Kier molecular flexibility index (Phi) is 5.22. The third-order valence-electron chi connectivity index (χ3n) is 1.86. The summed E-state index contributed by atoms with van der Waals surface area (Å²) >= 11 is 1.48. The molecule has 0 saturated heterocycles. The normalized spacial score (nSPS) is 13.4. The number of carbonyl (C=O) groups excluding carboxylic acids is 1. The molecule has 19 heavy (non-hydrogen) atoms. The van der Waals surface area contributed by atoms with Crippen LogP contribution in [0, 0.1) is 0 Å². The molecule has 0 fully saturated rings. The molecule has 0 aliphatic carbocycles. The zero-order valence-electron chi connectivity index (χ0n) is 12.2. The van der Waals surface area contributed by atoms with Crippen LogP contribution < -0.4 is 5.32 Å². The van der Waals surface area contributed by atoms with Crippen LogP contribution in [-0.2, 0) is 4.74 Å². The minimum absolute atomic E-state index is 0.363. The molecule has 1 aromatic heterocycles. The van der Waals surface area contributed by atoms with Gasteiger partial charge in [0, 0.05) is 5.25 Å². The fourth-order valence-corrected chi connectivity index (χ4v) is 1.82. The molecule has 0 bridgehead atoms. The highest BCUT2D eigenvalue weighted by molar-refractivity contribution is 7.99. The van der Waals surface area contributed by atoms with Crippen molar-refractivity contribution in [1.82, 2.24) is 15.5 Å². The molecule has 0 aromatic carbocycles. The topological polar surface area (TPSA) is 77.2 Å². The second-order valence-corrected chi connectivity index (χ2v) is 6.97. The molecular formula is C12H21N3O3S. The van der Waals surface area contributed by atoms with Gasteiger partial charge < -0.3 is 14.5 Å². The summed E-state index contributed by atoms with van der Waals surface area (Å²) in [5.41, 5.74) is -0.530. The number of carbonyl (C=O) groups is 1. The van der Waals surface area contributed by atoms with Gasteiger partial charge in [0.2, 0.25) is 5.89 Å². The zero-order valence-corrected chi connectivity index (χ0v) is 13.0. The number of ether oxygens (including phenoxy) is 1. The van der Waals surface area contributed by atoms with Crippen LogP contribution in [-0.4, -0.2) is 27.1 Å². The molecule has 1 N–H and O–H groups in total. The Morgan fingerprint density at radius 1 is 1.32 bits per heavy atom. The van der Waals surface area contributed by atoms with Crippen molar-refractivity contribution < 1.29 is 13.9 Å². The standard InChI is InChI=1S/C12H21N3O3S/c1-7(2)19-11-15-14-9(17-11)8(3)13-10(16)18-12(4,5)6/h7-8H,1-6H3,(H,13,16)/t8-/m1/s1. The van der Waals surface area contributed by atoms with Gasteiger partial charge in [-0.1, -0.05) is 25.6 Å². The molecule has 6 nitrogen and oxygen atoms in total. The molecule has 0 saturated carbocycles. The summed E-state index contributed by atoms with van der Waals surface area (Å²) in [6.45, 7) is 11.3. The highest BCUT2D eigenvalue weighted by Crippen LogP contribution is 2.23. The van der Waals surface area contributed by atoms with Gasteiger partial charge in [-0.05, 0) is 27.7 Å². The van der Waals surface area contributed by atoms with E-state index in [1.807, 2.05) is 13.8 Å². The van der Waals surface area contributed by atoms with Gasteiger partial charge in [-0.15, -0.1) is 10.2 Å². The molecule has 0 aliphatic rings. The van der Waals surface area contributed by atoms with E-state index in [1.165, 1.54) is 11.8 Å². The van der Waals surface area contributed by atoms with Crippen molar-refractivity contribution in [2.75, 3.05) is 0 Å². The van der Waals surface area contributed by atoms with Crippen LogP contribution in [0.5, 0.6) is 0 Å². The Hall–Kier alpha value is -1.24. The largest absolute Gasteiger partial charge is 0.444 e. The summed E-state index contributed by atoms with van der Waals surface area (Å²) in [7, 11) is 0. The fourth-order valence-electron chi connectivity index (χ4n) is 1.19. The summed E-state index contributed by atoms with van der Waals surface area (Å²) in [6.07, 6.45) is -0.503. The van der Waals surface area contributed by atoms with Gasteiger partial charge >= 0.3 is 6.09 Å². The van der Waals surface area contributed by atoms with Crippen molar-refractivity contribution in [3.8, 4) is 0 Å². The van der Waals surface area contributed by atoms with Gasteiger partial charge in [0.25, 0.3) is 5.22 Å². The SMILES string of the molecule is CC(C)Sc1nnc([C@@H](C)NC(=O)OC(C)(C)C)o1. The summed E-state index contributed by atoms with van der Waals surface area (Å²) in [5, 5.41) is 11.3. The van der Waals surface area contributed by atoms with Crippen LogP contribution >= 0.6 is 11.8 Å². The van der Waals surface area contributed by atoms with Gasteiger partial charge in [0.1, 0.15) is 11.6 Å². The second-order valence-electron chi connectivity index (χ2n) is 5.44. The highest BCUT2D eigenvalue weighted by Gasteiger charge is 2.21. The maximum Gasteiger partial charge on any atom is 0.408 e.